The normalized spacial score (nSPS) is 10.4. The van der Waals surface area contributed by atoms with Crippen LogP contribution in [0.3, 0.4) is 0 Å². The van der Waals surface area contributed by atoms with Crippen LogP contribution in [0.2, 0.25) is 0 Å². The molecule has 0 atom stereocenters. The highest BCUT2D eigenvalue weighted by molar-refractivity contribution is 5.64. The van der Waals surface area contributed by atoms with E-state index in [-0.39, 0.29) is 5.56 Å². The molecule has 0 saturated carbocycles. The minimum Gasteiger partial charge on any atom is -0.300 e. The van der Waals surface area contributed by atoms with Crippen molar-refractivity contribution >= 4 is 0 Å². The van der Waals surface area contributed by atoms with Gasteiger partial charge in [-0.3, -0.25) is 14.6 Å². The lowest BCUT2D eigenvalue weighted by atomic mass is 10.1. The summed E-state index contributed by atoms with van der Waals surface area (Å²) >= 11 is 0. The fourth-order valence-electron chi connectivity index (χ4n) is 1.63. The first-order valence-electron chi connectivity index (χ1n) is 4.51. The number of rotatable bonds is 1. The van der Waals surface area contributed by atoms with E-state index in [1.165, 1.54) is 4.68 Å². The molecular weight excluding hydrogens is 176 g/mol. The molecule has 1 heterocycles. The standard InChI is InChI=1S/C11H12N2O/c1-8-10(11(14)13(2)12-8)9-6-4-3-5-7-9/h3-7,12H,1-2H3. The Morgan fingerprint density at radius 1 is 1.21 bits per heavy atom. The van der Waals surface area contributed by atoms with Gasteiger partial charge in [0, 0.05) is 12.7 Å². The lowest BCUT2D eigenvalue weighted by Gasteiger charge is -1.95. The van der Waals surface area contributed by atoms with Crippen LogP contribution in [0.5, 0.6) is 0 Å². The van der Waals surface area contributed by atoms with Gasteiger partial charge in [-0.1, -0.05) is 30.3 Å². The summed E-state index contributed by atoms with van der Waals surface area (Å²) in [5, 5.41) is 2.98. The van der Waals surface area contributed by atoms with E-state index in [0.717, 1.165) is 16.8 Å². The van der Waals surface area contributed by atoms with Crippen molar-refractivity contribution in [1.82, 2.24) is 9.78 Å². The molecule has 0 bridgehead atoms. The van der Waals surface area contributed by atoms with Gasteiger partial charge in [-0.15, -0.1) is 0 Å². The summed E-state index contributed by atoms with van der Waals surface area (Å²) in [6, 6.07) is 9.69. The number of aromatic amines is 1. The van der Waals surface area contributed by atoms with Crippen molar-refractivity contribution in [2.75, 3.05) is 0 Å². The van der Waals surface area contributed by atoms with Crippen LogP contribution in [0.25, 0.3) is 11.1 Å². The fraction of sp³-hybridized carbons (Fsp3) is 0.182. The average molecular weight is 188 g/mol. The molecule has 0 saturated heterocycles. The summed E-state index contributed by atoms with van der Waals surface area (Å²) in [7, 11) is 1.72. The molecule has 0 spiro atoms. The molecule has 14 heavy (non-hydrogen) atoms. The van der Waals surface area contributed by atoms with Gasteiger partial charge in [-0.2, -0.15) is 0 Å². The van der Waals surface area contributed by atoms with Gasteiger partial charge in [0.25, 0.3) is 5.56 Å². The predicted molar refractivity (Wildman–Crippen MR) is 56.2 cm³/mol. The summed E-state index contributed by atoms with van der Waals surface area (Å²) in [5.41, 5.74) is 2.65. The Balaban J connectivity index is 2.69. The van der Waals surface area contributed by atoms with Crippen molar-refractivity contribution in [3.05, 3.63) is 46.4 Å². The monoisotopic (exact) mass is 188 g/mol. The van der Waals surface area contributed by atoms with Crippen molar-refractivity contribution in [1.29, 1.82) is 0 Å². The molecule has 2 rings (SSSR count). The van der Waals surface area contributed by atoms with Crippen LogP contribution in [0.1, 0.15) is 5.69 Å². The van der Waals surface area contributed by atoms with Gasteiger partial charge in [-0.05, 0) is 12.5 Å². The molecule has 1 N–H and O–H groups in total. The second kappa shape index (κ2) is 3.18. The van der Waals surface area contributed by atoms with E-state index in [2.05, 4.69) is 5.10 Å². The van der Waals surface area contributed by atoms with Crippen molar-refractivity contribution in [3.8, 4) is 11.1 Å². The smallest absolute Gasteiger partial charge is 0.274 e. The van der Waals surface area contributed by atoms with Crippen LogP contribution in [-0.4, -0.2) is 9.78 Å². The van der Waals surface area contributed by atoms with Crippen LogP contribution in [0, 0.1) is 6.92 Å². The molecule has 0 fully saturated rings. The SMILES string of the molecule is Cc1[nH]n(C)c(=O)c1-c1ccccc1. The third kappa shape index (κ3) is 1.27. The molecule has 1 aromatic carbocycles. The maximum Gasteiger partial charge on any atom is 0.274 e. The topological polar surface area (TPSA) is 37.8 Å². The summed E-state index contributed by atoms with van der Waals surface area (Å²) in [4.78, 5) is 11.7. The number of aryl methyl sites for hydroxylation is 2. The molecule has 0 amide bonds. The molecule has 0 aliphatic carbocycles. The third-order valence-electron chi connectivity index (χ3n) is 2.29. The molecule has 1 aromatic heterocycles. The molecular formula is C11H12N2O. The van der Waals surface area contributed by atoms with Gasteiger partial charge in [-0.25, -0.2) is 0 Å². The first-order valence-corrected chi connectivity index (χ1v) is 4.51. The first kappa shape index (κ1) is 8.81. The maximum absolute atomic E-state index is 11.7. The third-order valence-corrected chi connectivity index (χ3v) is 2.29. The van der Waals surface area contributed by atoms with Crippen LogP contribution in [-0.2, 0) is 7.05 Å². The van der Waals surface area contributed by atoms with Gasteiger partial charge < -0.3 is 0 Å². The Bertz CT molecular complexity index is 494. The van der Waals surface area contributed by atoms with Crippen molar-refractivity contribution < 1.29 is 0 Å². The largest absolute Gasteiger partial charge is 0.300 e. The number of hydrogen-bond donors (Lipinski definition) is 1. The van der Waals surface area contributed by atoms with E-state index in [0.29, 0.717) is 0 Å². The number of nitrogens with zero attached hydrogens (tertiary/aromatic N) is 1. The molecule has 72 valence electrons. The molecule has 3 heteroatoms. The average Bonchev–Trinajstić information content (AvgIpc) is 2.43. The maximum atomic E-state index is 11.7. The molecule has 3 nitrogen and oxygen atoms in total. The highest BCUT2D eigenvalue weighted by Gasteiger charge is 2.09. The molecule has 0 aliphatic rings. The number of benzene rings is 1. The van der Waals surface area contributed by atoms with Crippen LogP contribution < -0.4 is 5.56 Å². The minimum atomic E-state index is 0.0219. The van der Waals surface area contributed by atoms with Crippen molar-refractivity contribution in [2.24, 2.45) is 7.05 Å². The van der Waals surface area contributed by atoms with E-state index >= 15 is 0 Å². The highest BCUT2D eigenvalue weighted by Crippen LogP contribution is 2.17. The second-order valence-electron chi connectivity index (χ2n) is 3.34. The molecule has 0 aliphatic heterocycles. The van der Waals surface area contributed by atoms with Gasteiger partial charge >= 0.3 is 0 Å². The lowest BCUT2D eigenvalue weighted by Crippen LogP contribution is -2.12. The summed E-state index contributed by atoms with van der Waals surface area (Å²) in [6.07, 6.45) is 0. The van der Waals surface area contributed by atoms with Gasteiger partial charge in [0.05, 0.1) is 5.56 Å². The predicted octanol–water partition coefficient (Wildman–Crippen LogP) is 1.69. The van der Waals surface area contributed by atoms with E-state index in [1.807, 2.05) is 37.3 Å². The Labute approximate surface area is 82.0 Å². The summed E-state index contributed by atoms with van der Waals surface area (Å²) in [5.74, 6) is 0. The minimum absolute atomic E-state index is 0.0219. The van der Waals surface area contributed by atoms with Crippen molar-refractivity contribution in [2.45, 2.75) is 6.92 Å². The molecule has 0 unspecified atom stereocenters. The quantitative estimate of drug-likeness (QED) is 0.726. The Morgan fingerprint density at radius 3 is 2.36 bits per heavy atom. The number of nitrogens with one attached hydrogen (secondary N) is 1. The van der Waals surface area contributed by atoms with Crippen LogP contribution in [0.4, 0.5) is 0 Å². The Morgan fingerprint density at radius 2 is 1.86 bits per heavy atom. The number of H-pyrrole nitrogens is 1. The fourth-order valence-corrected chi connectivity index (χ4v) is 1.63. The first-order chi connectivity index (χ1) is 6.70. The number of hydrogen-bond acceptors (Lipinski definition) is 1. The van der Waals surface area contributed by atoms with E-state index < -0.39 is 0 Å². The molecule has 2 aromatic rings. The zero-order chi connectivity index (χ0) is 10.1. The summed E-state index contributed by atoms with van der Waals surface area (Å²) < 4.78 is 1.50. The molecule has 0 radical (unpaired) electrons. The second-order valence-corrected chi connectivity index (χ2v) is 3.34. The van der Waals surface area contributed by atoms with Crippen LogP contribution >= 0.6 is 0 Å². The van der Waals surface area contributed by atoms with Crippen LogP contribution in [0.15, 0.2) is 35.1 Å². The number of aromatic nitrogens is 2. The van der Waals surface area contributed by atoms with Gasteiger partial charge in [0.15, 0.2) is 0 Å². The zero-order valence-corrected chi connectivity index (χ0v) is 8.24. The lowest BCUT2D eigenvalue weighted by molar-refractivity contribution is 0.731. The highest BCUT2D eigenvalue weighted by atomic mass is 16.1. The Kier molecular flexibility index (Phi) is 2.00. The van der Waals surface area contributed by atoms with Gasteiger partial charge in [0.2, 0.25) is 0 Å². The van der Waals surface area contributed by atoms with E-state index in [4.69, 9.17) is 0 Å². The van der Waals surface area contributed by atoms with Crippen molar-refractivity contribution in [3.63, 3.8) is 0 Å². The van der Waals surface area contributed by atoms with E-state index in [1.54, 1.807) is 7.05 Å². The summed E-state index contributed by atoms with van der Waals surface area (Å²) in [6.45, 7) is 1.91. The van der Waals surface area contributed by atoms with E-state index in [9.17, 15) is 4.79 Å². The zero-order valence-electron chi connectivity index (χ0n) is 8.24. The Hall–Kier alpha value is -1.77. The van der Waals surface area contributed by atoms with Gasteiger partial charge in [0.1, 0.15) is 0 Å².